The zero-order valence-corrected chi connectivity index (χ0v) is 17.1. The molecule has 14 heteroatoms. The summed E-state index contributed by atoms with van der Waals surface area (Å²) < 4.78 is 66.2. The highest BCUT2D eigenvalue weighted by Crippen LogP contribution is 2.45. The van der Waals surface area contributed by atoms with Gasteiger partial charge in [-0.05, 0) is 36.4 Å². The number of benzene rings is 1. The van der Waals surface area contributed by atoms with Gasteiger partial charge in [0.1, 0.15) is 11.5 Å². The molecule has 2 atom stereocenters. The topological polar surface area (TPSA) is 147 Å². The van der Waals surface area contributed by atoms with E-state index in [1.165, 1.54) is 18.2 Å². The van der Waals surface area contributed by atoms with Crippen molar-refractivity contribution in [2.75, 3.05) is 0 Å². The number of carboxylic acids is 2. The first-order valence-corrected chi connectivity index (χ1v) is 10.8. The number of hydrogen-bond acceptors (Lipinski definition) is 7. The minimum atomic E-state index is -5.50. The quantitative estimate of drug-likeness (QED) is 0.527. The third kappa shape index (κ3) is 4.50. The Balaban J connectivity index is 1.77. The van der Waals surface area contributed by atoms with Gasteiger partial charge < -0.3 is 20.3 Å². The molecule has 0 fully saturated rings. The van der Waals surface area contributed by atoms with E-state index < -0.39 is 49.3 Å². The Morgan fingerprint density at radius 3 is 2.25 bits per heavy atom. The van der Waals surface area contributed by atoms with E-state index in [1.807, 2.05) is 5.32 Å². The molecule has 1 amide bonds. The highest BCUT2D eigenvalue weighted by Gasteiger charge is 2.46. The number of aliphatic carboxylic acids is 2. The van der Waals surface area contributed by atoms with Crippen LogP contribution in [0.4, 0.5) is 13.2 Å². The van der Waals surface area contributed by atoms with Crippen LogP contribution in [0.25, 0.3) is 0 Å². The molecular weight excluding hydrogens is 479 g/mol. The van der Waals surface area contributed by atoms with Crippen molar-refractivity contribution >= 4 is 39.4 Å². The standard InChI is InChI=1S/C18H12F3NO8S2/c19-18(20,21)32(28,29)10-4-1-8(2-5-10)30-9-3-6-11-12(7-9)31-15(13(11)16(24)25)22-14(23)17(26)27/h1-7,11-12H,(H,22,23)(H,24,25)(H,26,27). The van der Waals surface area contributed by atoms with Crippen LogP contribution in [0.2, 0.25) is 0 Å². The van der Waals surface area contributed by atoms with Crippen LogP contribution < -0.4 is 10.1 Å². The number of carboxylic acid groups (broad SMARTS) is 2. The number of nitrogens with one attached hydrogen (secondary N) is 1. The van der Waals surface area contributed by atoms with E-state index in [0.717, 1.165) is 36.0 Å². The fraction of sp³-hybridized carbons (Fsp3) is 0.167. The molecule has 2 aliphatic rings. The number of thioether (sulfide) groups is 1. The van der Waals surface area contributed by atoms with Gasteiger partial charge in [-0.2, -0.15) is 13.2 Å². The number of rotatable bonds is 5. The van der Waals surface area contributed by atoms with E-state index >= 15 is 0 Å². The number of hydrogen-bond donors (Lipinski definition) is 3. The number of ether oxygens (including phenoxy) is 1. The van der Waals surface area contributed by atoms with Crippen molar-refractivity contribution in [3.8, 4) is 5.75 Å². The van der Waals surface area contributed by atoms with Gasteiger partial charge in [0.25, 0.3) is 9.84 Å². The average Bonchev–Trinajstić information content (AvgIpc) is 3.04. The number of halogens is 3. The van der Waals surface area contributed by atoms with Crippen molar-refractivity contribution in [3.63, 3.8) is 0 Å². The van der Waals surface area contributed by atoms with Gasteiger partial charge in [-0.3, -0.25) is 4.79 Å². The van der Waals surface area contributed by atoms with Crippen molar-refractivity contribution in [2.24, 2.45) is 5.92 Å². The molecule has 1 aliphatic carbocycles. The summed E-state index contributed by atoms with van der Waals surface area (Å²) in [4.78, 5) is 32.8. The lowest BCUT2D eigenvalue weighted by Gasteiger charge is -2.19. The Bertz CT molecular complexity index is 1180. The highest BCUT2D eigenvalue weighted by atomic mass is 32.2. The van der Waals surface area contributed by atoms with Gasteiger partial charge in [-0.15, -0.1) is 0 Å². The zero-order valence-electron chi connectivity index (χ0n) is 15.5. The van der Waals surface area contributed by atoms with E-state index in [9.17, 15) is 41.1 Å². The Labute approximate surface area is 182 Å². The minimum absolute atomic E-state index is 0.0225. The number of allylic oxidation sites excluding steroid dienone is 2. The number of alkyl halides is 3. The third-order valence-corrected chi connectivity index (χ3v) is 7.07. The second-order valence-electron chi connectivity index (χ2n) is 6.37. The van der Waals surface area contributed by atoms with Crippen molar-refractivity contribution < 1.29 is 50.9 Å². The first-order chi connectivity index (χ1) is 14.8. The summed E-state index contributed by atoms with van der Waals surface area (Å²) >= 11 is 0.891. The molecule has 0 spiro atoms. The highest BCUT2D eigenvalue weighted by molar-refractivity contribution is 8.04. The zero-order chi connectivity index (χ0) is 23.8. The molecule has 9 nitrogen and oxygen atoms in total. The third-order valence-electron chi connectivity index (χ3n) is 4.31. The number of carbonyl (C=O) groups excluding carboxylic acids is 1. The molecule has 170 valence electrons. The fourth-order valence-corrected chi connectivity index (χ4v) is 4.98. The lowest BCUT2D eigenvalue weighted by atomic mass is 9.92. The predicted molar refractivity (Wildman–Crippen MR) is 103 cm³/mol. The maximum atomic E-state index is 12.6. The van der Waals surface area contributed by atoms with Gasteiger partial charge in [-0.25, -0.2) is 18.0 Å². The van der Waals surface area contributed by atoms with Crippen molar-refractivity contribution in [3.05, 3.63) is 58.9 Å². The van der Waals surface area contributed by atoms with Gasteiger partial charge in [0.15, 0.2) is 0 Å². The Morgan fingerprint density at radius 1 is 1.09 bits per heavy atom. The summed E-state index contributed by atoms with van der Waals surface area (Å²) in [7, 11) is -5.50. The van der Waals surface area contributed by atoms with Crippen molar-refractivity contribution in [1.82, 2.24) is 5.32 Å². The maximum absolute atomic E-state index is 12.6. The largest absolute Gasteiger partial charge is 0.501 e. The van der Waals surface area contributed by atoms with E-state index in [0.29, 0.717) is 0 Å². The molecule has 0 saturated carbocycles. The summed E-state index contributed by atoms with van der Waals surface area (Å²) in [5, 5.41) is 19.5. The molecule has 1 heterocycles. The monoisotopic (exact) mass is 491 g/mol. The van der Waals surface area contributed by atoms with E-state index in [2.05, 4.69) is 0 Å². The van der Waals surface area contributed by atoms with Gasteiger partial charge >= 0.3 is 23.4 Å². The Kier molecular flexibility index (Phi) is 6.11. The summed E-state index contributed by atoms with van der Waals surface area (Å²) in [6.07, 6.45) is 4.34. The van der Waals surface area contributed by atoms with Gasteiger partial charge in [0.2, 0.25) is 0 Å². The molecule has 32 heavy (non-hydrogen) atoms. The summed E-state index contributed by atoms with van der Waals surface area (Å²) in [6, 6.07) is 3.53. The molecule has 3 rings (SSSR count). The van der Waals surface area contributed by atoms with Crippen LogP contribution in [0.15, 0.2) is 63.8 Å². The summed E-state index contributed by atoms with van der Waals surface area (Å²) in [5.41, 5.74) is -5.65. The number of amides is 1. The van der Waals surface area contributed by atoms with E-state index in [1.54, 1.807) is 0 Å². The summed E-state index contributed by atoms with van der Waals surface area (Å²) in [6.45, 7) is 0. The van der Waals surface area contributed by atoms with Crippen LogP contribution >= 0.6 is 11.8 Å². The second-order valence-corrected chi connectivity index (χ2v) is 9.50. The summed E-state index contributed by atoms with van der Waals surface area (Å²) in [5.74, 6) is -5.04. The Morgan fingerprint density at radius 2 is 1.72 bits per heavy atom. The number of carbonyl (C=O) groups is 3. The molecule has 0 radical (unpaired) electrons. The average molecular weight is 491 g/mol. The van der Waals surface area contributed by atoms with E-state index in [4.69, 9.17) is 9.84 Å². The van der Waals surface area contributed by atoms with Gasteiger partial charge in [0.05, 0.1) is 15.5 Å². The van der Waals surface area contributed by atoms with Gasteiger partial charge in [-0.1, -0.05) is 17.8 Å². The first-order valence-electron chi connectivity index (χ1n) is 8.49. The second kappa shape index (κ2) is 8.35. The van der Waals surface area contributed by atoms with Gasteiger partial charge in [0, 0.05) is 11.2 Å². The molecule has 1 aromatic rings. The smallest absolute Gasteiger partial charge is 0.478 e. The van der Waals surface area contributed by atoms with Crippen LogP contribution in [0.3, 0.4) is 0 Å². The van der Waals surface area contributed by atoms with Crippen LogP contribution in [0.5, 0.6) is 5.75 Å². The van der Waals surface area contributed by atoms with Crippen LogP contribution in [0, 0.1) is 5.92 Å². The molecule has 0 aromatic heterocycles. The lowest BCUT2D eigenvalue weighted by molar-refractivity contribution is -0.149. The number of sulfone groups is 1. The van der Waals surface area contributed by atoms with Crippen LogP contribution in [-0.2, 0) is 24.2 Å². The Hall–Kier alpha value is -3.26. The molecule has 0 bridgehead atoms. The van der Waals surface area contributed by atoms with Crippen molar-refractivity contribution in [2.45, 2.75) is 15.7 Å². The number of fused-ring (bicyclic) bond motifs is 1. The van der Waals surface area contributed by atoms with Crippen LogP contribution in [-0.4, -0.2) is 47.2 Å². The molecule has 3 N–H and O–H groups in total. The molecular formula is C18H12F3NO8S2. The normalized spacial score (nSPS) is 20.4. The lowest BCUT2D eigenvalue weighted by Crippen LogP contribution is -2.30. The van der Waals surface area contributed by atoms with E-state index in [-0.39, 0.29) is 22.1 Å². The van der Waals surface area contributed by atoms with Crippen LogP contribution in [0.1, 0.15) is 0 Å². The SMILES string of the molecule is O=C(O)C(=O)NC1=C(C(=O)O)C2C=CC(Oc3ccc(S(=O)(=O)C(F)(F)F)cc3)=CC2S1. The van der Waals surface area contributed by atoms with Crippen molar-refractivity contribution in [1.29, 1.82) is 0 Å². The molecule has 1 aliphatic heterocycles. The fourth-order valence-electron chi connectivity index (χ4n) is 2.87. The maximum Gasteiger partial charge on any atom is 0.501 e. The first kappa shape index (κ1) is 23.4. The minimum Gasteiger partial charge on any atom is -0.478 e. The molecule has 0 saturated heterocycles. The molecule has 1 aromatic carbocycles. The predicted octanol–water partition coefficient (Wildman–Crippen LogP) is 2.04. The molecule has 2 unspecified atom stereocenters.